The largest absolute Gasteiger partial charge is 0.486 e. The minimum absolute atomic E-state index is 0.186. The molecular weight excluding hydrogens is 287 g/mol. The summed E-state index contributed by atoms with van der Waals surface area (Å²) in [6, 6.07) is 9.05. The molecule has 0 saturated carbocycles. The highest BCUT2D eigenvalue weighted by Gasteiger charge is 2.18. The van der Waals surface area contributed by atoms with Crippen LogP contribution >= 0.6 is 0 Å². The lowest BCUT2D eigenvalue weighted by molar-refractivity contribution is 0.0910. The molecule has 3 rings (SSSR count). The Morgan fingerprint density at radius 3 is 2.73 bits per heavy atom. The maximum absolute atomic E-state index is 12.8. The molecule has 0 aliphatic carbocycles. The summed E-state index contributed by atoms with van der Waals surface area (Å²) in [6.45, 7) is 2.71. The molecule has 6 heteroatoms. The molecule has 0 unspecified atom stereocenters. The Balaban J connectivity index is 1.49. The van der Waals surface area contributed by atoms with Crippen LogP contribution in [0.5, 0.6) is 5.75 Å². The number of amides is 1. The second-order valence-electron chi connectivity index (χ2n) is 5.24. The Bertz CT molecular complexity index is 635. The van der Waals surface area contributed by atoms with Crippen molar-refractivity contribution >= 4 is 5.91 Å². The Morgan fingerprint density at radius 2 is 2.05 bits per heavy atom. The van der Waals surface area contributed by atoms with Crippen LogP contribution in [0.4, 0.5) is 4.39 Å². The van der Waals surface area contributed by atoms with Crippen molar-refractivity contribution in [2.75, 3.05) is 19.6 Å². The summed E-state index contributed by atoms with van der Waals surface area (Å²) in [6.07, 6.45) is 0. The van der Waals surface area contributed by atoms with E-state index in [-0.39, 0.29) is 24.1 Å². The monoisotopic (exact) mass is 304 g/mol. The van der Waals surface area contributed by atoms with Gasteiger partial charge in [-0.15, -0.1) is 0 Å². The maximum Gasteiger partial charge on any atom is 0.287 e. The molecule has 1 aliphatic heterocycles. The molecule has 1 amide bonds. The third kappa shape index (κ3) is 3.65. The van der Waals surface area contributed by atoms with Crippen molar-refractivity contribution in [3.63, 3.8) is 0 Å². The van der Waals surface area contributed by atoms with Gasteiger partial charge in [0.1, 0.15) is 23.9 Å². The second kappa shape index (κ2) is 6.62. The first kappa shape index (κ1) is 14.6. The summed E-state index contributed by atoms with van der Waals surface area (Å²) in [5.41, 5.74) is 0. The highest BCUT2D eigenvalue weighted by Crippen LogP contribution is 2.15. The summed E-state index contributed by atoms with van der Waals surface area (Å²) < 4.78 is 23.7. The van der Waals surface area contributed by atoms with Crippen LogP contribution in [0.2, 0.25) is 0 Å². The van der Waals surface area contributed by atoms with Crippen LogP contribution < -0.4 is 15.4 Å². The van der Waals surface area contributed by atoms with Gasteiger partial charge in [0.2, 0.25) is 0 Å². The average Bonchev–Trinajstić information content (AvgIpc) is 2.94. The topological polar surface area (TPSA) is 63.5 Å². The first-order valence-electron chi connectivity index (χ1n) is 7.17. The second-order valence-corrected chi connectivity index (χ2v) is 5.24. The van der Waals surface area contributed by atoms with Gasteiger partial charge in [0, 0.05) is 25.6 Å². The minimum atomic E-state index is -0.314. The van der Waals surface area contributed by atoms with E-state index in [1.54, 1.807) is 24.3 Å². The summed E-state index contributed by atoms with van der Waals surface area (Å²) in [4.78, 5) is 11.9. The van der Waals surface area contributed by atoms with Gasteiger partial charge in [0.25, 0.3) is 5.91 Å². The predicted molar refractivity (Wildman–Crippen MR) is 78.1 cm³/mol. The van der Waals surface area contributed by atoms with Crippen LogP contribution in [-0.4, -0.2) is 25.5 Å². The lowest BCUT2D eigenvalue weighted by Crippen LogP contribution is -2.48. The SMILES string of the molecule is O=C(NCC1CNC1)c1ccc(COc2ccc(F)cc2)o1. The zero-order chi connectivity index (χ0) is 15.4. The van der Waals surface area contributed by atoms with Gasteiger partial charge in [-0.05, 0) is 36.4 Å². The summed E-state index contributed by atoms with van der Waals surface area (Å²) >= 11 is 0. The standard InChI is InChI=1S/C16H17FN2O3/c17-12-1-3-13(4-2-12)21-10-14-5-6-15(22-14)16(20)19-9-11-7-18-8-11/h1-6,11,18H,7-10H2,(H,19,20). The van der Waals surface area contributed by atoms with Crippen molar-refractivity contribution in [2.45, 2.75) is 6.61 Å². The van der Waals surface area contributed by atoms with E-state index in [9.17, 15) is 9.18 Å². The predicted octanol–water partition coefficient (Wildman–Crippen LogP) is 1.95. The van der Waals surface area contributed by atoms with Crippen molar-refractivity contribution in [1.82, 2.24) is 10.6 Å². The van der Waals surface area contributed by atoms with E-state index in [1.807, 2.05) is 0 Å². The summed E-state index contributed by atoms with van der Waals surface area (Å²) in [5, 5.41) is 5.99. The van der Waals surface area contributed by atoms with Crippen LogP contribution in [-0.2, 0) is 6.61 Å². The van der Waals surface area contributed by atoms with E-state index in [0.717, 1.165) is 13.1 Å². The molecule has 2 N–H and O–H groups in total. The van der Waals surface area contributed by atoms with Gasteiger partial charge in [0.05, 0.1) is 0 Å². The zero-order valence-electron chi connectivity index (χ0n) is 12.0. The molecule has 0 atom stereocenters. The summed E-state index contributed by atoms with van der Waals surface area (Å²) in [5.74, 6) is 1.32. The molecule has 0 bridgehead atoms. The van der Waals surface area contributed by atoms with Crippen LogP contribution in [0.1, 0.15) is 16.3 Å². The fourth-order valence-corrected chi connectivity index (χ4v) is 2.08. The number of rotatable bonds is 6. The molecule has 116 valence electrons. The molecule has 0 radical (unpaired) electrons. The molecule has 22 heavy (non-hydrogen) atoms. The molecule has 5 nitrogen and oxygen atoms in total. The number of nitrogens with one attached hydrogen (secondary N) is 2. The number of hydrogen-bond acceptors (Lipinski definition) is 4. The highest BCUT2D eigenvalue weighted by atomic mass is 19.1. The Morgan fingerprint density at radius 1 is 1.27 bits per heavy atom. The van der Waals surface area contributed by atoms with E-state index in [2.05, 4.69) is 10.6 Å². The first-order chi connectivity index (χ1) is 10.7. The lowest BCUT2D eigenvalue weighted by Gasteiger charge is -2.26. The summed E-state index contributed by atoms with van der Waals surface area (Å²) in [7, 11) is 0. The maximum atomic E-state index is 12.8. The van der Waals surface area contributed by atoms with Crippen molar-refractivity contribution in [3.05, 3.63) is 53.7 Å². The Kier molecular flexibility index (Phi) is 4.39. The van der Waals surface area contributed by atoms with E-state index in [0.29, 0.717) is 24.0 Å². The lowest BCUT2D eigenvalue weighted by atomic mass is 10.0. The van der Waals surface area contributed by atoms with Crippen molar-refractivity contribution in [3.8, 4) is 5.75 Å². The van der Waals surface area contributed by atoms with Crippen molar-refractivity contribution in [1.29, 1.82) is 0 Å². The van der Waals surface area contributed by atoms with Crippen molar-refractivity contribution < 1.29 is 18.3 Å². The number of benzene rings is 1. The third-order valence-corrected chi connectivity index (χ3v) is 3.50. The van der Waals surface area contributed by atoms with Gasteiger partial charge in [-0.1, -0.05) is 0 Å². The Hall–Kier alpha value is -2.34. The molecule has 1 aromatic carbocycles. The number of carbonyl (C=O) groups is 1. The zero-order valence-corrected chi connectivity index (χ0v) is 12.0. The normalized spacial score (nSPS) is 14.4. The molecule has 1 aromatic heterocycles. The van der Waals surface area contributed by atoms with Gasteiger partial charge in [0.15, 0.2) is 5.76 Å². The molecular formula is C16H17FN2O3. The van der Waals surface area contributed by atoms with Crippen molar-refractivity contribution in [2.24, 2.45) is 5.92 Å². The quantitative estimate of drug-likeness (QED) is 0.856. The highest BCUT2D eigenvalue weighted by molar-refractivity contribution is 5.91. The smallest absolute Gasteiger partial charge is 0.287 e. The number of hydrogen-bond donors (Lipinski definition) is 2. The van der Waals surface area contributed by atoms with E-state index in [1.165, 1.54) is 12.1 Å². The minimum Gasteiger partial charge on any atom is -0.486 e. The van der Waals surface area contributed by atoms with Gasteiger partial charge in [-0.25, -0.2) is 4.39 Å². The Labute approximate surface area is 127 Å². The van der Waals surface area contributed by atoms with Gasteiger partial charge in [-0.3, -0.25) is 4.79 Å². The van der Waals surface area contributed by atoms with Crippen LogP contribution in [0.25, 0.3) is 0 Å². The number of furan rings is 1. The molecule has 1 aliphatic rings. The molecule has 2 heterocycles. The number of carbonyl (C=O) groups excluding carboxylic acids is 1. The van der Waals surface area contributed by atoms with Crippen LogP contribution in [0.15, 0.2) is 40.8 Å². The van der Waals surface area contributed by atoms with E-state index >= 15 is 0 Å². The molecule has 1 saturated heterocycles. The fourth-order valence-electron chi connectivity index (χ4n) is 2.08. The number of ether oxygens (including phenoxy) is 1. The van der Waals surface area contributed by atoms with Gasteiger partial charge < -0.3 is 19.8 Å². The third-order valence-electron chi connectivity index (χ3n) is 3.50. The van der Waals surface area contributed by atoms with E-state index in [4.69, 9.17) is 9.15 Å². The van der Waals surface area contributed by atoms with E-state index < -0.39 is 0 Å². The first-order valence-corrected chi connectivity index (χ1v) is 7.17. The molecule has 0 spiro atoms. The molecule has 2 aromatic rings. The van der Waals surface area contributed by atoms with Gasteiger partial charge in [-0.2, -0.15) is 0 Å². The number of halogens is 1. The average molecular weight is 304 g/mol. The fraction of sp³-hybridized carbons (Fsp3) is 0.312. The molecule has 1 fully saturated rings. The van der Waals surface area contributed by atoms with Gasteiger partial charge >= 0.3 is 0 Å². The van der Waals surface area contributed by atoms with Crippen LogP contribution in [0, 0.1) is 11.7 Å². The van der Waals surface area contributed by atoms with Crippen LogP contribution in [0.3, 0.4) is 0 Å².